The van der Waals surface area contributed by atoms with Gasteiger partial charge in [0.05, 0.1) is 32.4 Å². The number of nitriles is 1. The molecule has 10 heteroatoms. The fraction of sp³-hybridized carbons (Fsp3) is 0.609. The van der Waals surface area contributed by atoms with Gasteiger partial charge in [-0.1, -0.05) is 30.7 Å². The molecule has 1 aromatic rings. The third-order valence-electron chi connectivity index (χ3n) is 5.97. The van der Waals surface area contributed by atoms with E-state index in [2.05, 4.69) is 28.5 Å². The standard InChI is InChI=1S/C23H32ClN5O4/c1-2-9-28-10-7-23(17-25,8-11-28)27-21(30)20(16-18-3-5-19(24)6-4-18)26-22(31)33-29-12-14-32-15-13-29/h3-6,20H,2,7-16H2,1H3,(H,26,31)(H,27,30). The van der Waals surface area contributed by atoms with Crippen LogP contribution in [-0.4, -0.2) is 79.5 Å². The fourth-order valence-electron chi connectivity index (χ4n) is 4.05. The average molecular weight is 478 g/mol. The summed E-state index contributed by atoms with van der Waals surface area (Å²) in [6.45, 7) is 6.47. The van der Waals surface area contributed by atoms with Gasteiger partial charge < -0.3 is 25.1 Å². The number of hydrogen-bond acceptors (Lipinski definition) is 7. The first kappa shape index (κ1) is 25.2. The molecule has 0 aromatic heterocycles. The van der Waals surface area contributed by atoms with Crippen molar-refractivity contribution in [3.63, 3.8) is 0 Å². The van der Waals surface area contributed by atoms with Crippen molar-refractivity contribution in [1.82, 2.24) is 20.6 Å². The van der Waals surface area contributed by atoms with Crippen LogP contribution >= 0.6 is 11.6 Å². The van der Waals surface area contributed by atoms with Gasteiger partial charge in [0.25, 0.3) is 0 Å². The first-order chi connectivity index (χ1) is 15.9. The number of hydroxylamine groups is 2. The Kier molecular flexibility index (Phi) is 9.32. The number of likely N-dealkylation sites (tertiary alicyclic amines) is 1. The number of carbonyl (C=O) groups excluding carboxylic acids is 2. The van der Waals surface area contributed by atoms with E-state index in [1.54, 1.807) is 24.3 Å². The molecular weight excluding hydrogens is 446 g/mol. The molecule has 0 saturated carbocycles. The van der Waals surface area contributed by atoms with Crippen LogP contribution in [0.3, 0.4) is 0 Å². The molecule has 1 unspecified atom stereocenters. The zero-order valence-corrected chi connectivity index (χ0v) is 19.8. The third-order valence-corrected chi connectivity index (χ3v) is 6.22. The van der Waals surface area contributed by atoms with E-state index < -0.39 is 23.6 Å². The highest BCUT2D eigenvalue weighted by atomic mass is 35.5. The van der Waals surface area contributed by atoms with Crippen molar-refractivity contribution in [2.75, 3.05) is 45.9 Å². The van der Waals surface area contributed by atoms with E-state index in [1.807, 2.05) is 0 Å². The van der Waals surface area contributed by atoms with Crippen molar-refractivity contribution < 1.29 is 19.2 Å². The lowest BCUT2D eigenvalue weighted by Crippen LogP contribution is -2.59. The van der Waals surface area contributed by atoms with Gasteiger partial charge in [-0.05, 0) is 43.5 Å². The quantitative estimate of drug-likeness (QED) is 0.590. The van der Waals surface area contributed by atoms with Crippen molar-refractivity contribution in [2.24, 2.45) is 0 Å². The summed E-state index contributed by atoms with van der Waals surface area (Å²) in [6.07, 6.45) is 1.66. The van der Waals surface area contributed by atoms with Gasteiger partial charge in [0.1, 0.15) is 11.6 Å². The van der Waals surface area contributed by atoms with Crippen LogP contribution in [0.25, 0.3) is 0 Å². The number of halogens is 1. The Balaban J connectivity index is 1.67. The Morgan fingerprint density at radius 1 is 1.21 bits per heavy atom. The maximum absolute atomic E-state index is 13.3. The summed E-state index contributed by atoms with van der Waals surface area (Å²) in [5.74, 6) is -0.408. The lowest BCUT2D eigenvalue weighted by atomic mass is 9.88. The van der Waals surface area contributed by atoms with Crippen molar-refractivity contribution in [3.8, 4) is 6.07 Å². The molecule has 2 aliphatic rings. The van der Waals surface area contributed by atoms with Gasteiger partial charge in [0.15, 0.2) is 0 Å². The van der Waals surface area contributed by atoms with Gasteiger partial charge in [-0.25, -0.2) is 4.79 Å². The summed E-state index contributed by atoms with van der Waals surface area (Å²) in [5, 5.41) is 17.6. The summed E-state index contributed by atoms with van der Waals surface area (Å²) < 4.78 is 5.26. The number of piperidine rings is 1. The summed E-state index contributed by atoms with van der Waals surface area (Å²) in [6, 6.07) is 8.49. The third kappa shape index (κ3) is 7.57. The smallest absolute Gasteiger partial charge is 0.379 e. The Morgan fingerprint density at radius 2 is 1.88 bits per heavy atom. The fourth-order valence-corrected chi connectivity index (χ4v) is 4.18. The highest BCUT2D eigenvalue weighted by Gasteiger charge is 2.38. The van der Waals surface area contributed by atoms with Crippen LogP contribution in [0, 0.1) is 11.3 Å². The van der Waals surface area contributed by atoms with Gasteiger partial charge in [-0.3, -0.25) is 4.79 Å². The lowest BCUT2D eigenvalue weighted by molar-refractivity contribution is -0.147. The summed E-state index contributed by atoms with van der Waals surface area (Å²) >= 11 is 5.98. The van der Waals surface area contributed by atoms with E-state index >= 15 is 0 Å². The molecule has 0 spiro atoms. The predicted molar refractivity (Wildman–Crippen MR) is 123 cm³/mol. The molecule has 2 saturated heterocycles. The predicted octanol–water partition coefficient (Wildman–Crippen LogP) is 2.11. The monoisotopic (exact) mass is 477 g/mol. The minimum atomic E-state index is -0.949. The Labute approximate surface area is 199 Å². The van der Waals surface area contributed by atoms with Crippen molar-refractivity contribution in [3.05, 3.63) is 34.9 Å². The van der Waals surface area contributed by atoms with Gasteiger partial charge >= 0.3 is 6.09 Å². The summed E-state index contributed by atoms with van der Waals surface area (Å²) in [4.78, 5) is 33.5. The van der Waals surface area contributed by atoms with Crippen LogP contribution in [0.5, 0.6) is 0 Å². The maximum Gasteiger partial charge on any atom is 0.426 e. The van der Waals surface area contributed by atoms with Crippen LogP contribution in [-0.2, 0) is 20.8 Å². The van der Waals surface area contributed by atoms with E-state index in [0.717, 1.165) is 31.6 Å². The van der Waals surface area contributed by atoms with E-state index in [0.29, 0.717) is 44.2 Å². The molecule has 180 valence electrons. The van der Waals surface area contributed by atoms with Crippen molar-refractivity contribution in [2.45, 2.75) is 44.2 Å². The second-order valence-corrected chi connectivity index (χ2v) is 8.91. The van der Waals surface area contributed by atoms with Crippen LogP contribution in [0.1, 0.15) is 31.7 Å². The van der Waals surface area contributed by atoms with E-state index in [9.17, 15) is 14.9 Å². The van der Waals surface area contributed by atoms with E-state index in [4.69, 9.17) is 21.2 Å². The van der Waals surface area contributed by atoms with Gasteiger partial charge in [-0.2, -0.15) is 5.26 Å². The Hall–Kier alpha value is -2.38. The van der Waals surface area contributed by atoms with E-state index in [1.165, 1.54) is 5.06 Å². The molecule has 2 aliphatic heterocycles. The van der Waals surface area contributed by atoms with Crippen molar-refractivity contribution in [1.29, 1.82) is 5.26 Å². The Bertz CT molecular complexity index is 830. The molecule has 2 N–H and O–H groups in total. The normalized spacial score (nSPS) is 19.8. The molecule has 2 fully saturated rings. The molecule has 2 amide bonds. The van der Waals surface area contributed by atoms with Gasteiger partial charge in [-0.15, -0.1) is 5.06 Å². The molecule has 33 heavy (non-hydrogen) atoms. The Morgan fingerprint density at radius 3 is 2.48 bits per heavy atom. The van der Waals surface area contributed by atoms with E-state index in [-0.39, 0.29) is 6.42 Å². The molecule has 1 aromatic carbocycles. The SMILES string of the molecule is CCCN1CCC(C#N)(NC(=O)C(Cc2ccc(Cl)cc2)NC(=O)ON2CCOCC2)CC1. The number of nitrogens with zero attached hydrogens (tertiary/aromatic N) is 3. The lowest BCUT2D eigenvalue weighted by Gasteiger charge is -2.38. The first-order valence-electron chi connectivity index (χ1n) is 11.4. The van der Waals surface area contributed by atoms with Crippen LogP contribution in [0.4, 0.5) is 4.79 Å². The molecule has 2 heterocycles. The van der Waals surface area contributed by atoms with Gasteiger partial charge in [0, 0.05) is 24.5 Å². The zero-order chi connectivity index (χ0) is 23.7. The molecule has 9 nitrogen and oxygen atoms in total. The highest BCUT2D eigenvalue weighted by molar-refractivity contribution is 6.30. The highest BCUT2D eigenvalue weighted by Crippen LogP contribution is 2.22. The van der Waals surface area contributed by atoms with Gasteiger partial charge in [0.2, 0.25) is 5.91 Å². The number of nitrogens with one attached hydrogen (secondary N) is 2. The summed E-state index contributed by atoms with van der Waals surface area (Å²) in [7, 11) is 0. The number of benzene rings is 1. The summed E-state index contributed by atoms with van der Waals surface area (Å²) in [5.41, 5.74) is -0.120. The number of ether oxygens (including phenoxy) is 1. The first-order valence-corrected chi connectivity index (χ1v) is 11.8. The van der Waals surface area contributed by atoms with Crippen molar-refractivity contribution >= 4 is 23.6 Å². The molecule has 1 atom stereocenters. The number of morpholine rings is 1. The second kappa shape index (κ2) is 12.2. The van der Waals surface area contributed by atoms with Crippen LogP contribution in [0.15, 0.2) is 24.3 Å². The number of amides is 2. The zero-order valence-electron chi connectivity index (χ0n) is 19.0. The molecule has 0 bridgehead atoms. The number of hydrogen-bond donors (Lipinski definition) is 2. The average Bonchev–Trinajstić information content (AvgIpc) is 2.82. The largest absolute Gasteiger partial charge is 0.426 e. The minimum absolute atomic E-state index is 0.241. The molecular formula is C23H32ClN5O4. The molecule has 0 aliphatic carbocycles. The number of rotatable bonds is 8. The molecule has 0 radical (unpaired) electrons. The minimum Gasteiger partial charge on any atom is -0.379 e. The molecule has 3 rings (SSSR count). The number of carbonyl (C=O) groups is 2. The van der Waals surface area contributed by atoms with Crippen LogP contribution < -0.4 is 10.6 Å². The second-order valence-electron chi connectivity index (χ2n) is 8.47. The maximum atomic E-state index is 13.3. The van der Waals surface area contributed by atoms with Crippen LogP contribution in [0.2, 0.25) is 5.02 Å². The topological polar surface area (TPSA) is 107 Å².